The smallest absolute Gasteiger partial charge is 0.266 e. The maximum absolute atomic E-state index is 13.9. The zero-order valence-corrected chi connectivity index (χ0v) is 23.7. The van der Waals surface area contributed by atoms with E-state index in [9.17, 15) is 4.79 Å². The van der Waals surface area contributed by atoms with Gasteiger partial charge in [0.05, 0.1) is 20.8 Å². The maximum Gasteiger partial charge on any atom is 0.266 e. The second kappa shape index (κ2) is 14.2. The van der Waals surface area contributed by atoms with Crippen LogP contribution in [0.4, 0.5) is 5.69 Å². The van der Waals surface area contributed by atoms with Gasteiger partial charge >= 0.3 is 0 Å². The monoisotopic (exact) mass is 574 g/mol. The summed E-state index contributed by atoms with van der Waals surface area (Å²) in [7, 11) is 3.14. The molecule has 12 nitrogen and oxygen atoms in total. The zero-order chi connectivity index (χ0) is 30.0. The van der Waals surface area contributed by atoms with Gasteiger partial charge < -0.3 is 24.1 Å². The molecule has 42 heavy (non-hydrogen) atoms. The SMILES string of the molecule is COc1cc(CNNC(=O)[C@@]2(Cc3ccccc3N=[N+]=[N-])N=C(c3ccc(OCCCO)cc3)O[C@H]2C)cc(OC)c1. The molecular weight excluding hydrogens is 540 g/mol. The van der Waals surface area contributed by atoms with Crippen LogP contribution in [-0.4, -0.2) is 56.0 Å². The summed E-state index contributed by atoms with van der Waals surface area (Å²) in [5.74, 6) is 1.78. The Morgan fingerprint density at radius 1 is 1.10 bits per heavy atom. The fraction of sp³-hybridized carbons (Fsp3) is 0.333. The highest BCUT2D eigenvalue weighted by atomic mass is 16.5. The van der Waals surface area contributed by atoms with E-state index in [2.05, 4.69) is 20.9 Å². The van der Waals surface area contributed by atoms with Crippen LogP contribution in [0.2, 0.25) is 0 Å². The number of nitrogens with zero attached hydrogens (tertiary/aromatic N) is 4. The number of hydrogen-bond acceptors (Lipinski definition) is 9. The van der Waals surface area contributed by atoms with Crippen molar-refractivity contribution in [3.63, 3.8) is 0 Å². The van der Waals surface area contributed by atoms with E-state index >= 15 is 0 Å². The number of carbonyl (C=O) groups excluding carboxylic acids is 1. The molecule has 220 valence electrons. The summed E-state index contributed by atoms with van der Waals surface area (Å²) < 4.78 is 22.5. The van der Waals surface area contributed by atoms with Gasteiger partial charge in [-0.2, -0.15) is 0 Å². The number of benzene rings is 3. The molecule has 0 aliphatic carbocycles. The summed E-state index contributed by atoms with van der Waals surface area (Å²) in [6.45, 7) is 2.52. The van der Waals surface area contributed by atoms with E-state index in [-0.39, 0.29) is 19.6 Å². The van der Waals surface area contributed by atoms with Gasteiger partial charge in [0.1, 0.15) is 23.4 Å². The number of hydrogen-bond donors (Lipinski definition) is 3. The highest BCUT2D eigenvalue weighted by Crippen LogP contribution is 2.35. The molecule has 1 aliphatic rings. The van der Waals surface area contributed by atoms with E-state index in [0.717, 1.165) is 5.56 Å². The van der Waals surface area contributed by atoms with Crippen molar-refractivity contribution in [2.24, 2.45) is 10.1 Å². The van der Waals surface area contributed by atoms with Gasteiger partial charge in [-0.05, 0) is 60.0 Å². The molecule has 3 aromatic carbocycles. The molecule has 0 saturated heterocycles. The Bertz CT molecular complexity index is 1430. The van der Waals surface area contributed by atoms with Crippen LogP contribution in [0.3, 0.4) is 0 Å². The highest BCUT2D eigenvalue weighted by Gasteiger charge is 2.50. The topological polar surface area (TPSA) is 159 Å². The minimum absolute atomic E-state index is 0.0517. The second-order valence-corrected chi connectivity index (χ2v) is 9.57. The van der Waals surface area contributed by atoms with Gasteiger partial charge in [-0.3, -0.25) is 10.2 Å². The van der Waals surface area contributed by atoms with Gasteiger partial charge in [-0.15, -0.1) is 0 Å². The van der Waals surface area contributed by atoms with Crippen molar-refractivity contribution >= 4 is 17.5 Å². The molecule has 0 radical (unpaired) electrons. The van der Waals surface area contributed by atoms with Gasteiger partial charge in [-0.25, -0.2) is 10.4 Å². The quantitative estimate of drug-likeness (QED) is 0.0847. The number of nitrogens with one attached hydrogen (secondary N) is 2. The van der Waals surface area contributed by atoms with E-state index in [4.69, 9.17) is 34.6 Å². The first kappa shape index (κ1) is 30.2. The van der Waals surface area contributed by atoms with Crippen molar-refractivity contribution in [3.8, 4) is 17.2 Å². The van der Waals surface area contributed by atoms with Crippen molar-refractivity contribution in [2.75, 3.05) is 27.4 Å². The molecule has 3 N–H and O–H groups in total. The zero-order valence-electron chi connectivity index (χ0n) is 23.7. The molecule has 0 unspecified atom stereocenters. The Labute approximate surface area is 243 Å². The Kier molecular flexibility index (Phi) is 10.2. The summed E-state index contributed by atoms with van der Waals surface area (Å²) in [5.41, 5.74) is 16.0. The Hall–Kier alpha value is -4.77. The third-order valence-corrected chi connectivity index (χ3v) is 6.84. The lowest BCUT2D eigenvalue weighted by atomic mass is 9.85. The average molecular weight is 575 g/mol. The van der Waals surface area contributed by atoms with E-state index in [0.29, 0.717) is 53.0 Å². The van der Waals surface area contributed by atoms with E-state index in [1.54, 1.807) is 69.7 Å². The molecule has 3 aromatic rings. The summed E-state index contributed by atoms with van der Waals surface area (Å²) in [4.78, 5) is 21.7. The van der Waals surface area contributed by atoms with E-state index < -0.39 is 17.6 Å². The molecular formula is C30H34N6O6. The van der Waals surface area contributed by atoms with Crippen molar-refractivity contribution in [1.82, 2.24) is 10.9 Å². The van der Waals surface area contributed by atoms with Crippen LogP contribution >= 0.6 is 0 Å². The minimum atomic E-state index is -1.38. The van der Waals surface area contributed by atoms with Crippen LogP contribution < -0.4 is 25.1 Å². The Morgan fingerprint density at radius 2 is 1.81 bits per heavy atom. The van der Waals surface area contributed by atoms with Crippen LogP contribution in [-0.2, 0) is 22.5 Å². The van der Waals surface area contributed by atoms with E-state index in [1.165, 1.54) is 0 Å². The summed E-state index contributed by atoms with van der Waals surface area (Å²) in [5, 5.41) is 12.8. The Balaban J connectivity index is 1.61. The number of ether oxygens (including phenoxy) is 4. The average Bonchev–Trinajstić information content (AvgIpc) is 3.35. The van der Waals surface area contributed by atoms with E-state index in [1.807, 2.05) is 18.2 Å². The number of aliphatic hydroxyl groups excluding tert-OH is 1. The number of aliphatic hydroxyl groups is 1. The van der Waals surface area contributed by atoms with Gasteiger partial charge in [0, 0.05) is 48.2 Å². The van der Waals surface area contributed by atoms with Crippen molar-refractivity contribution in [2.45, 2.75) is 38.0 Å². The van der Waals surface area contributed by atoms with Crippen LogP contribution in [0.15, 0.2) is 76.8 Å². The number of rotatable bonds is 14. The first-order valence-corrected chi connectivity index (χ1v) is 13.4. The molecule has 12 heteroatoms. The number of carbonyl (C=O) groups is 1. The minimum Gasteiger partial charge on any atom is -0.497 e. The number of amides is 1. The molecule has 1 amide bonds. The fourth-order valence-corrected chi connectivity index (χ4v) is 4.54. The molecule has 4 rings (SSSR count). The lowest BCUT2D eigenvalue weighted by molar-refractivity contribution is -0.129. The van der Waals surface area contributed by atoms with Crippen LogP contribution in [0.5, 0.6) is 17.2 Å². The normalized spacial score (nSPS) is 17.4. The third-order valence-electron chi connectivity index (χ3n) is 6.84. The van der Waals surface area contributed by atoms with Crippen LogP contribution in [0.25, 0.3) is 10.4 Å². The van der Waals surface area contributed by atoms with Gasteiger partial charge in [0.25, 0.3) is 5.91 Å². The molecule has 0 fully saturated rings. The van der Waals surface area contributed by atoms with Gasteiger partial charge in [0.15, 0.2) is 5.54 Å². The van der Waals surface area contributed by atoms with Gasteiger partial charge in [0.2, 0.25) is 5.90 Å². The maximum atomic E-state index is 13.9. The lowest BCUT2D eigenvalue weighted by Crippen LogP contribution is -2.55. The standard InChI is InChI=1S/C30H34N6O6/c1-20-30(18-23-7-4-5-8-27(23)34-36-31,29(38)35-32-19-21-15-25(39-2)17-26(16-21)40-3)33-28(42-20)22-9-11-24(12-10-22)41-14-6-13-37/h4-5,7-12,15-17,20,32,37H,6,13-14,18-19H2,1-3H3,(H,35,38)/t20-,30-/m0/s1. The predicted octanol–water partition coefficient (Wildman–Crippen LogP) is 4.37. The number of methoxy groups -OCH3 is 2. The predicted molar refractivity (Wildman–Crippen MR) is 157 cm³/mol. The molecule has 2 atom stereocenters. The van der Waals surface area contributed by atoms with Crippen molar-refractivity contribution in [3.05, 3.63) is 93.9 Å². The molecule has 1 aliphatic heterocycles. The molecule has 0 bridgehead atoms. The van der Waals surface area contributed by atoms with Crippen LogP contribution in [0, 0.1) is 0 Å². The number of hydrazine groups is 1. The fourth-order valence-electron chi connectivity index (χ4n) is 4.54. The molecule has 1 heterocycles. The van der Waals surface area contributed by atoms with Crippen molar-refractivity contribution < 1.29 is 28.8 Å². The van der Waals surface area contributed by atoms with Gasteiger partial charge in [-0.1, -0.05) is 29.4 Å². The molecule has 0 saturated carbocycles. The molecule has 0 spiro atoms. The summed E-state index contributed by atoms with van der Waals surface area (Å²) in [6.07, 6.45) is -0.00935. The summed E-state index contributed by atoms with van der Waals surface area (Å²) >= 11 is 0. The lowest BCUT2D eigenvalue weighted by Gasteiger charge is -2.28. The Morgan fingerprint density at radius 3 is 2.48 bits per heavy atom. The molecule has 0 aromatic heterocycles. The first-order valence-electron chi connectivity index (χ1n) is 13.4. The van der Waals surface area contributed by atoms with Crippen molar-refractivity contribution in [1.29, 1.82) is 0 Å². The largest absolute Gasteiger partial charge is 0.497 e. The second-order valence-electron chi connectivity index (χ2n) is 9.57. The van der Waals surface area contributed by atoms with Crippen LogP contribution in [0.1, 0.15) is 30.0 Å². The first-order chi connectivity index (χ1) is 20.4. The highest BCUT2D eigenvalue weighted by molar-refractivity contribution is 6.00. The number of azide groups is 1. The summed E-state index contributed by atoms with van der Waals surface area (Å²) in [6, 6.07) is 19.7. The number of aliphatic imine (C=N–C) groups is 1. The third kappa shape index (κ3) is 7.10.